The lowest BCUT2D eigenvalue weighted by Gasteiger charge is -2.02. The van der Waals surface area contributed by atoms with Gasteiger partial charge >= 0.3 is 5.97 Å². The largest absolute Gasteiger partial charge is 0.462 e. The first kappa shape index (κ1) is 18.0. The summed E-state index contributed by atoms with van der Waals surface area (Å²) in [4.78, 5) is 34.5. The van der Waals surface area contributed by atoms with E-state index in [9.17, 15) is 9.59 Å². The maximum absolute atomic E-state index is 12.9. The normalized spacial score (nSPS) is 11.5. The number of nitrogens with zero attached hydrogens (tertiary/aromatic N) is 4. The molecule has 0 aliphatic heterocycles. The first-order chi connectivity index (χ1) is 13.6. The highest BCUT2D eigenvalue weighted by atomic mass is 32.1. The monoisotopic (exact) mass is 392 g/mol. The lowest BCUT2D eigenvalue weighted by atomic mass is 10.1. The topological polar surface area (TPSA) is 86.4 Å². The fourth-order valence-corrected chi connectivity index (χ4v) is 3.99. The van der Waals surface area contributed by atoms with Crippen LogP contribution in [0.3, 0.4) is 0 Å². The first-order valence-corrected chi connectivity index (χ1v) is 9.47. The van der Waals surface area contributed by atoms with Crippen molar-refractivity contribution < 1.29 is 9.53 Å². The van der Waals surface area contributed by atoms with E-state index in [0.717, 1.165) is 27.8 Å². The lowest BCUT2D eigenvalue weighted by Crippen LogP contribution is -2.17. The van der Waals surface area contributed by atoms with Crippen LogP contribution in [0.5, 0.6) is 0 Å². The molecule has 28 heavy (non-hydrogen) atoms. The van der Waals surface area contributed by atoms with Crippen molar-refractivity contribution >= 4 is 44.6 Å². The summed E-state index contributed by atoms with van der Waals surface area (Å²) in [5.41, 5.74) is 1.92. The molecular formula is C20H16N4O3S. The van der Waals surface area contributed by atoms with Crippen LogP contribution in [0.2, 0.25) is 0 Å². The maximum Gasteiger partial charge on any atom is 0.348 e. The molecule has 4 rings (SSSR count). The Balaban J connectivity index is 1.78. The van der Waals surface area contributed by atoms with Crippen molar-refractivity contribution in [3.8, 4) is 0 Å². The minimum absolute atomic E-state index is 0.272. The Hall–Kier alpha value is -3.39. The standard InChI is InChI=1S/C20H16N4O3S/c1-3-27-20(26)17-12(2)16-18(28-17)22-11-24(19(16)25)23-10-13-6-4-8-15-14(13)7-5-9-21-15/h4-11H,3H2,1-2H3. The van der Waals surface area contributed by atoms with Crippen LogP contribution < -0.4 is 5.56 Å². The minimum atomic E-state index is -0.444. The van der Waals surface area contributed by atoms with Crippen LogP contribution in [0.25, 0.3) is 21.1 Å². The van der Waals surface area contributed by atoms with Crippen molar-refractivity contribution in [2.75, 3.05) is 6.61 Å². The molecule has 0 spiro atoms. The summed E-state index contributed by atoms with van der Waals surface area (Å²) in [6, 6.07) is 9.50. The van der Waals surface area contributed by atoms with Gasteiger partial charge in [-0.15, -0.1) is 11.3 Å². The third kappa shape index (κ3) is 3.07. The zero-order valence-electron chi connectivity index (χ0n) is 15.2. The Kier molecular flexibility index (Phi) is 4.70. The highest BCUT2D eigenvalue weighted by Gasteiger charge is 2.20. The molecule has 0 radical (unpaired) electrons. The first-order valence-electron chi connectivity index (χ1n) is 8.66. The molecule has 0 N–H and O–H groups in total. The molecular weight excluding hydrogens is 376 g/mol. The molecule has 0 unspecified atom stereocenters. The second-order valence-electron chi connectivity index (χ2n) is 6.01. The summed E-state index contributed by atoms with van der Waals surface area (Å²) in [5, 5.41) is 5.60. The number of carbonyl (C=O) groups is 1. The molecule has 0 atom stereocenters. The van der Waals surface area contributed by atoms with E-state index in [1.54, 1.807) is 26.3 Å². The van der Waals surface area contributed by atoms with Gasteiger partial charge in [0.2, 0.25) is 0 Å². The number of esters is 1. The van der Waals surface area contributed by atoms with Gasteiger partial charge in [0.1, 0.15) is 16.0 Å². The Morgan fingerprint density at radius 2 is 2.14 bits per heavy atom. The van der Waals surface area contributed by atoms with Crippen LogP contribution in [0.15, 0.2) is 52.8 Å². The zero-order valence-corrected chi connectivity index (χ0v) is 16.1. The van der Waals surface area contributed by atoms with Gasteiger partial charge in [0.05, 0.1) is 23.7 Å². The number of benzene rings is 1. The quantitative estimate of drug-likeness (QED) is 0.393. The molecule has 7 nitrogen and oxygen atoms in total. The highest BCUT2D eigenvalue weighted by Crippen LogP contribution is 2.27. The number of thiophene rings is 1. The van der Waals surface area contributed by atoms with E-state index < -0.39 is 5.97 Å². The molecule has 3 aromatic heterocycles. The molecule has 140 valence electrons. The van der Waals surface area contributed by atoms with Crippen LogP contribution in [0.4, 0.5) is 0 Å². The number of carbonyl (C=O) groups excluding carboxylic acids is 1. The molecule has 0 saturated heterocycles. The Labute approximate surface area is 163 Å². The van der Waals surface area contributed by atoms with Gasteiger partial charge in [0, 0.05) is 17.1 Å². The molecule has 0 aliphatic carbocycles. The summed E-state index contributed by atoms with van der Waals surface area (Å²) in [6.45, 7) is 3.73. The van der Waals surface area contributed by atoms with Crippen LogP contribution in [-0.4, -0.2) is 33.4 Å². The van der Waals surface area contributed by atoms with Crippen LogP contribution in [0.1, 0.15) is 27.7 Å². The van der Waals surface area contributed by atoms with E-state index in [0.29, 0.717) is 20.7 Å². The van der Waals surface area contributed by atoms with E-state index in [4.69, 9.17) is 4.74 Å². The molecule has 0 aliphatic rings. The summed E-state index contributed by atoms with van der Waals surface area (Å²) in [5.74, 6) is -0.444. The molecule has 0 saturated carbocycles. The number of hydrogen-bond donors (Lipinski definition) is 0. The van der Waals surface area contributed by atoms with Gasteiger partial charge in [-0.2, -0.15) is 9.78 Å². The van der Waals surface area contributed by atoms with Gasteiger partial charge in [-0.25, -0.2) is 9.78 Å². The summed E-state index contributed by atoms with van der Waals surface area (Å²) in [7, 11) is 0. The minimum Gasteiger partial charge on any atom is -0.462 e. The SMILES string of the molecule is CCOC(=O)c1sc2ncn(N=Cc3cccc4ncccc34)c(=O)c2c1C. The van der Waals surface area contributed by atoms with E-state index in [1.165, 1.54) is 11.0 Å². The zero-order chi connectivity index (χ0) is 19.7. The molecule has 0 bridgehead atoms. The van der Waals surface area contributed by atoms with Crippen molar-refractivity contribution in [2.45, 2.75) is 13.8 Å². The Bertz CT molecular complexity index is 1280. The van der Waals surface area contributed by atoms with Crippen LogP contribution in [0, 0.1) is 6.92 Å². The summed E-state index contributed by atoms with van der Waals surface area (Å²) < 4.78 is 6.23. The smallest absolute Gasteiger partial charge is 0.348 e. The van der Waals surface area contributed by atoms with Crippen molar-refractivity contribution in [1.82, 2.24) is 14.6 Å². The number of aromatic nitrogens is 3. The fourth-order valence-electron chi connectivity index (χ4n) is 2.95. The molecule has 4 aromatic rings. The Morgan fingerprint density at radius 3 is 2.96 bits per heavy atom. The van der Waals surface area contributed by atoms with Crippen molar-refractivity contribution in [2.24, 2.45) is 5.10 Å². The van der Waals surface area contributed by atoms with Crippen molar-refractivity contribution in [3.05, 3.63) is 69.2 Å². The van der Waals surface area contributed by atoms with E-state index in [2.05, 4.69) is 15.1 Å². The number of aryl methyl sites for hydroxylation is 1. The lowest BCUT2D eigenvalue weighted by molar-refractivity contribution is 0.0531. The fraction of sp³-hybridized carbons (Fsp3) is 0.150. The highest BCUT2D eigenvalue weighted by molar-refractivity contribution is 7.20. The van der Waals surface area contributed by atoms with Crippen LogP contribution in [-0.2, 0) is 4.74 Å². The van der Waals surface area contributed by atoms with Gasteiger partial charge in [-0.3, -0.25) is 9.78 Å². The second kappa shape index (κ2) is 7.32. The molecule has 3 heterocycles. The van der Waals surface area contributed by atoms with Crippen LogP contribution >= 0.6 is 11.3 Å². The third-order valence-corrected chi connectivity index (χ3v) is 5.48. The number of hydrogen-bond acceptors (Lipinski definition) is 7. The van der Waals surface area contributed by atoms with Crippen molar-refractivity contribution in [3.63, 3.8) is 0 Å². The van der Waals surface area contributed by atoms with Gasteiger partial charge in [0.25, 0.3) is 5.56 Å². The van der Waals surface area contributed by atoms with Gasteiger partial charge in [0.15, 0.2) is 0 Å². The van der Waals surface area contributed by atoms with Gasteiger partial charge in [-0.1, -0.05) is 18.2 Å². The molecule has 8 heteroatoms. The maximum atomic E-state index is 12.9. The van der Waals surface area contributed by atoms with E-state index >= 15 is 0 Å². The number of rotatable bonds is 4. The van der Waals surface area contributed by atoms with Gasteiger partial charge < -0.3 is 4.74 Å². The summed E-state index contributed by atoms with van der Waals surface area (Å²) in [6.07, 6.45) is 4.69. The molecule has 0 amide bonds. The Morgan fingerprint density at radius 1 is 1.29 bits per heavy atom. The molecule has 1 aromatic carbocycles. The van der Waals surface area contributed by atoms with Crippen molar-refractivity contribution in [1.29, 1.82) is 0 Å². The third-order valence-electron chi connectivity index (χ3n) is 4.30. The molecule has 0 fully saturated rings. The number of pyridine rings is 1. The second-order valence-corrected chi connectivity index (χ2v) is 7.01. The van der Waals surface area contributed by atoms with E-state index in [1.807, 2.05) is 30.3 Å². The number of fused-ring (bicyclic) bond motifs is 2. The number of ether oxygens (including phenoxy) is 1. The van der Waals surface area contributed by atoms with E-state index in [-0.39, 0.29) is 12.2 Å². The average molecular weight is 392 g/mol. The van der Waals surface area contributed by atoms with Gasteiger partial charge in [-0.05, 0) is 31.5 Å². The predicted molar refractivity (Wildman–Crippen MR) is 109 cm³/mol. The summed E-state index contributed by atoms with van der Waals surface area (Å²) >= 11 is 1.15. The predicted octanol–water partition coefficient (Wildman–Crippen LogP) is 3.37. The average Bonchev–Trinajstić information content (AvgIpc) is 3.05.